The van der Waals surface area contributed by atoms with Gasteiger partial charge in [0, 0.05) is 26.7 Å². The number of carbonyl (C=O) groups is 1. The van der Waals surface area contributed by atoms with Crippen molar-refractivity contribution in [3.05, 3.63) is 0 Å². The summed E-state index contributed by atoms with van der Waals surface area (Å²) in [6.45, 7) is 8.92. The first kappa shape index (κ1) is 43.4. The van der Waals surface area contributed by atoms with Gasteiger partial charge in [0.05, 0.1) is 0 Å². The SMILES string of the molecule is CC(=O)O.CCCCCCCCCCO.CCCCCCCCCCO.CCCCCCCCCCO. The van der Waals surface area contributed by atoms with E-state index in [0.717, 1.165) is 26.2 Å². The van der Waals surface area contributed by atoms with Crippen LogP contribution in [0.5, 0.6) is 0 Å². The minimum atomic E-state index is -0.833. The van der Waals surface area contributed by atoms with E-state index in [2.05, 4.69) is 20.8 Å². The van der Waals surface area contributed by atoms with Gasteiger partial charge in [-0.05, 0) is 19.3 Å². The van der Waals surface area contributed by atoms with Crippen molar-refractivity contribution >= 4 is 5.97 Å². The second-order valence-corrected chi connectivity index (χ2v) is 10.1. The van der Waals surface area contributed by atoms with Crippen LogP contribution in [0.15, 0.2) is 0 Å². The number of hydrogen-bond donors (Lipinski definition) is 4. The Hall–Kier alpha value is -0.650. The van der Waals surface area contributed by atoms with Gasteiger partial charge < -0.3 is 20.4 Å². The van der Waals surface area contributed by atoms with Crippen LogP contribution < -0.4 is 0 Å². The molecule has 4 N–H and O–H groups in total. The molecule has 0 aliphatic rings. The summed E-state index contributed by atoms with van der Waals surface area (Å²) in [6, 6.07) is 0. The highest BCUT2D eigenvalue weighted by atomic mass is 16.4. The third-order valence-electron chi connectivity index (χ3n) is 6.04. The number of rotatable bonds is 24. The standard InChI is InChI=1S/3C10H22O.C2H4O2/c3*1-2-3-4-5-6-7-8-9-10-11;1-2(3)4/h3*11H,2-10H2,1H3;1H3,(H,3,4). The highest BCUT2D eigenvalue weighted by molar-refractivity contribution is 5.62. The molecule has 0 amide bonds. The lowest BCUT2D eigenvalue weighted by Gasteiger charge is -1.98. The summed E-state index contributed by atoms with van der Waals surface area (Å²) in [5.74, 6) is -0.833. The van der Waals surface area contributed by atoms with Gasteiger partial charge in [-0.25, -0.2) is 0 Å². The molecule has 0 heterocycles. The quantitative estimate of drug-likeness (QED) is 0.0924. The number of aliphatic hydroxyl groups is 3. The van der Waals surface area contributed by atoms with Crippen LogP contribution >= 0.6 is 0 Å². The predicted molar refractivity (Wildman–Crippen MR) is 162 cm³/mol. The molecule has 0 bridgehead atoms. The normalized spacial score (nSPS) is 9.92. The fraction of sp³-hybridized carbons (Fsp3) is 0.969. The van der Waals surface area contributed by atoms with Crippen LogP contribution in [0.1, 0.15) is 182 Å². The van der Waals surface area contributed by atoms with Gasteiger partial charge in [0.1, 0.15) is 0 Å². The molecule has 0 saturated heterocycles. The zero-order valence-corrected chi connectivity index (χ0v) is 25.8. The van der Waals surface area contributed by atoms with Crippen molar-refractivity contribution in [1.29, 1.82) is 0 Å². The van der Waals surface area contributed by atoms with E-state index in [0.29, 0.717) is 19.8 Å². The lowest BCUT2D eigenvalue weighted by molar-refractivity contribution is -0.134. The second kappa shape index (κ2) is 48.4. The summed E-state index contributed by atoms with van der Waals surface area (Å²) in [5, 5.41) is 32.9. The van der Waals surface area contributed by atoms with Crippen molar-refractivity contribution in [1.82, 2.24) is 0 Å². The van der Waals surface area contributed by atoms with Gasteiger partial charge in [0.15, 0.2) is 0 Å². The molecule has 228 valence electrons. The summed E-state index contributed by atoms with van der Waals surface area (Å²) in [6.07, 6.45) is 31.1. The maximum absolute atomic E-state index is 9.00. The average Bonchev–Trinajstić information content (AvgIpc) is 2.88. The number of hydrogen-bond acceptors (Lipinski definition) is 4. The Kier molecular flexibility index (Phi) is 56.8. The monoisotopic (exact) mass is 535 g/mol. The number of aliphatic carboxylic acids is 1. The molecule has 0 saturated carbocycles. The number of aliphatic hydroxyl groups excluding tert-OH is 3. The molecule has 0 aliphatic heterocycles. The maximum Gasteiger partial charge on any atom is 0.300 e. The first-order chi connectivity index (χ1) is 18.0. The molecule has 0 aromatic carbocycles. The van der Waals surface area contributed by atoms with E-state index in [1.54, 1.807) is 0 Å². The third kappa shape index (κ3) is 72.1. The molecule has 0 aromatic heterocycles. The van der Waals surface area contributed by atoms with Gasteiger partial charge in [-0.2, -0.15) is 0 Å². The highest BCUT2D eigenvalue weighted by Gasteiger charge is 1.91. The molecule has 0 spiro atoms. The molecule has 0 unspecified atom stereocenters. The lowest BCUT2D eigenvalue weighted by Crippen LogP contribution is -1.83. The van der Waals surface area contributed by atoms with E-state index >= 15 is 0 Å². The Labute approximate surface area is 232 Å². The summed E-state index contributed by atoms with van der Waals surface area (Å²) in [7, 11) is 0. The van der Waals surface area contributed by atoms with Crippen molar-refractivity contribution in [3.63, 3.8) is 0 Å². The topological polar surface area (TPSA) is 98.0 Å². The van der Waals surface area contributed by atoms with Crippen LogP contribution in [-0.4, -0.2) is 46.2 Å². The summed E-state index contributed by atoms with van der Waals surface area (Å²) >= 11 is 0. The molecule has 0 fully saturated rings. The van der Waals surface area contributed by atoms with Gasteiger partial charge in [-0.1, -0.05) is 156 Å². The van der Waals surface area contributed by atoms with Crippen LogP contribution in [0.25, 0.3) is 0 Å². The van der Waals surface area contributed by atoms with Gasteiger partial charge in [0.25, 0.3) is 5.97 Å². The van der Waals surface area contributed by atoms with Crippen molar-refractivity contribution in [2.24, 2.45) is 0 Å². The van der Waals surface area contributed by atoms with E-state index in [1.807, 2.05) is 0 Å². The first-order valence-corrected chi connectivity index (χ1v) is 16.0. The average molecular weight is 535 g/mol. The summed E-state index contributed by atoms with van der Waals surface area (Å²) < 4.78 is 0. The number of carboxylic acid groups (broad SMARTS) is 1. The van der Waals surface area contributed by atoms with Crippen LogP contribution in [-0.2, 0) is 4.79 Å². The Morgan fingerprint density at radius 2 is 0.514 bits per heavy atom. The largest absolute Gasteiger partial charge is 0.481 e. The lowest BCUT2D eigenvalue weighted by atomic mass is 10.1. The third-order valence-corrected chi connectivity index (χ3v) is 6.04. The number of unbranched alkanes of at least 4 members (excludes halogenated alkanes) is 21. The van der Waals surface area contributed by atoms with E-state index in [1.165, 1.54) is 135 Å². The van der Waals surface area contributed by atoms with Crippen LogP contribution in [0.2, 0.25) is 0 Å². The first-order valence-electron chi connectivity index (χ1n) is 16.0. The molecule has 0 atom stereocenters. The Balaban J connectivity index is -0.000000205. The summed E-state index contributed by atoms with van der Waals surface area (Å²) in [4.78, 5) is 9.00. The smallest absolute Gasteiger partial charge is 0.300 e. The Bertz CT molecular complexity index is 279. The van der Waals surface area contributed by atoms with E-state index in [4.69, 9.17) is 25.2 Å². The van der Waals surface area contributed by atoms with Gasteiger partial charge in [-0.15, -0.1) is 0 Å². The Morgan fingerprint density at radius 3 is 0.649 bits per heavy atom. The molecule has 5 heteroatoms. The minimum Gasteiger partial charge on any atom is -0.481 e. The molecule has 5 nitrogen and oxygen atoms in total. The van der Waals surface area contributed by atoms with E-state index in [-0.39, 0.29) is 0 Å². The van der Waals surface area contributed by atoms with Crippen molar-refractivity contribution < 1.29 is 25.2 Å². The Morgan fingerprint density at radius 1 is 0.378 bits per heavy atom. The summed E-state index contributed by atoms with van der Waals surface area (Å²) in [5.41, 5.74) is 0. The van der Waals surface area contributed by atoms with Crippen molar-refractivity contribution in [3.8, 4) is 0 Å². The molecule has 0 aliphatic carbocycles. The number of carboxylic acids is 1. The molecule has 0 rings (SSSR count). The van der Waals surface area contributed by atoms with Crippen LogP contribution in [0.4, 0.5) is 0 Å². The maximum atomic E-state index is 9.00. The van der Waals surface area contributed by atoms with E-state index < -0.39 is 5.97 Å². The van der Waals surface area contributed by atoms with Gasteiger partial charge in [0.2, 0.25) is 0 Å². The highest BCUT2D eigenvalue weighted by Crippen LogP contribution is 2.09. The van der Waals surface area contributed by atoms with E-state index in [9.17, 15) is 0 Å². The van der Waals surface area contributed by atoms with Gasteiger partial charge >= 0.3 is 0 Å². The zero-order valence-electron chi connectivity index (χ0n) is 25.8. The minimum absolute atomic E-state index is 0.370. The second-order valence-electron chi connectivity index (χ2n) is 10.1. The predicted octanol–water partition coefficient (Wildman–Crippen LogP) is 9.45. The molecule has 37 heavy (non-hydrogen) atoms. The fourth-order valence-corrected chi connectivity index (χ4v) is 3.74. The van der Waals surface area contributed by atoms with Crippen LogP contribution in [0.3, 0.4) is 0 Å². The fourth-order valence-electron chi connectivity index (χ4n) is 3.74. The molecule has 0 aromatic rings. The molecule has 0 radical (unpaired) electrons. The van der Waals surface area contributed by atoms with Crippen molar-refractivity contribution in [2.45, 2.75) is 182 Å². The van der Waals surface area contributed by atoms with Gasteiger partial charge in [-0.3, -0.25) is 4.79 Å². The van der Waals surface area contributed by atoms with Crippen LogP contribution in [0, 0.1) is 0 Å². The van der Waals surface area contributed by atoms with Crippen molar-refractivity contribution in [2.75, 3.05) is 19.8 Å². The molecular weight excluding hydrogens is 464 g/mol. The molecular formula is C32H70O5. The zero-order chi connectivity index (χ0) is 28.7.